The van der Waals surface area contributed by atoms with Gasteiger partial charge in [0, 0.05) is 15.7 Å². The molecule has 3 aromatic rings. The molecule has 0 radical (unpaired) electrons. The van der Waals surface area contributed by atoms with E-state index in [0.717, 1.165) is 21.7 Å². The molecule has 26 heavy (non-hydrogen) atoms. The van der Waals surface area contributed by atoms with Gasteiger partial charge in [0.15, 0.2) is 0 Å². The minimum absolute atomic E-state index is 0.411. The standard InChI is InChI=1S/C20H13BrF3NO/c21-14-11-9-13(10-12-14)15-5-2-4-8-18(15)25-19(26)16-6-1-3-7-17(16)20(22,23)24/h1-12H,(H,25,26). The first-order valence-corrected chi connectivity index (χ1v) is 8.48. The molecule has 2 nitrogen and oxygen atoms in total. The lowest BCUT2D eigenvalue weighted by atomic mass is 10.0. The van der Waals surface area contributed by atoms with Gasteiger partial charge in [0.2, 0.25) is 0 Å². The van der Waals surface area contributed by atoms with Crippen LogP contribution in [0.5, 0.6) is 0 Å². The highest BCUT2D eigenvalue weighted by molar-refractivity contribution is 9.10. The molecule has 1 N–H and O–H groups in total. The van der Waals surface area contributed by atoms with Crippen molar-refractivity contribution in [2.45, 2.75) is 6.18 Å². The second kappa shape index (κ2) is 7.33. The van der Waals surface area contributed by atoms with E-state index < -0.39 is 23.2 Å². The first-order valence-electron chi connectivity index (χ1n) is 7.69. The first kappa shape index (κ1) is 18.2. The Morgan fingerprint density at radius 1 is 0.846 bits per heavy atom. The molecule has 3 aromatic carbocycles. The monoisotopic (exact) mass is 419 g/mol. The highest BCUT2D eigenvalue weighted by Crippen LogP contribution is 2.33. The molecule has 6 heteroatoms. The summed E-state index contributed by atoms with van der Waals surface area (Å²) in [6.07, 6.45) is -4.60. The van der Waals surface area contributed by atoms with Crippen LogP contribution in [0, 0.1) is 0 Å². The van der Waals surface area contributed by atoms with Crippen LogP contribution in [-0.2, 0) is 6.18 Å². The van der Waals surface area contributed by atoms with E-state index in [1.54, 1.807) is 24.3 Å². The number of amides is 1. The summed E-state index contributed by atoms with van der Waals surface area (Å²) in [7, 11) is 0. The van der Waals surface area contributed by atoms with Crippen LogP contribution in [0.25, 0.3) is 11.1 Å². The fourth-order valence-electron chi connectivity index (χ4n) is 2.59. The van der Waals surface area contributed by atoms with E-state index in [1.807, 2.05) is 24.3 Å². The predicted molar refractivity (Wildman–Crippen MR) is 99.0 cm³/mol. The number of hydrogen-bond acceptors (Lipinski definition) is 1. The van der Waals surface area contributed by atoms with Gasteiger partial charge >= 0.3 is 6.18 Å². The Balaban J connectivity index is 1.96. The molecule has 0 heterocycles. The third kappa shape index (κ3) is 3.96. The second-order valence-corrected chi connectivity index (χ2v) is 6.47. The van der Waals surface area contributed by atoms with Crippen molar-refractivity contribution < 1.29 is 18.0 Å². The molecule has 0 aliphatic carbocycles. The summed E-state index contributed by atoms with van der Waals surface area (Å²) in [6, 6.07) is 19.1. The lowest BCUT2D eigenvalue weighted by Crippen LogP contribution is -2.18. The molecule has 0 fully saturated rings. The number of hydrogen-bond donors (Lipinski definition) is 1. The average molecular weight is 420 g/mol. The Bertz CT molecular complexity index is 936. The summed E-state index contributed by atoms with van der Waals surface area (Å²) in [5, 5.41) is 2.60. The Kier molecular flexibility index (Phi) is 5.13. The van der Waals surface area contributed by atoms with Gasteiger partial charge in [-0.25, -0.2) is 0 Å². The zero-order chi connectivity index (χ0) is 18.7. The first-order chi connectivity index (χ1) is 12.4. The molecule has 0 bridgehead atoms. The third-order valence-corrected chi connectivity index (χ3v) is 4.34. The van der Waals surface area contributed by atoms with Gasteiger partial charge in [0.25, 0.3) is 5.91 Å². The van der Waals surface area contributed by atoms with Crippen molar-refractivity contribution in [3.8, 4) is 11.1 Å². The number of carbonyl (C=O) groups excluding carboxylic acids is 1. The summed E-state index contributed by atoms with van der Waals surface area (Å²) in [5.41, 5.74) is 0.632. The lowest BCUT2D eigenvalue weighted by Gasteiger charge is -2.15. The van der Waals surface area contributed by atoms with Gasteiger partial charge in [-0.1, -0.05) is 58.4 Å². The number of para-hydroxylation sites is 1. The number of halogens is 4. The molecule has 132 valence electrons. The molecular formula is C20H13BrF3NO. The molecule has 0 saturated heterocycles. The third-order valence-electron chi connectivity index (χ3n) is 3.81. The van der Waals surface area contributed by atoms with Gasteiger partial charge in [0.1, 0.15) is 0 Å². The maximum absolute atomic E-state index is 13.1. The maximum atomic E-state index is 13.1. The minimum atomic E-state index is -4.60. The molecular weight excluding hydrogens is 407 g/mol. The number of anilines is 1. The van der Waals surface area contributed by atoms with E-state index in [4.69, 9.17) is 0 Å². The zero-order valence-corrected chi connectivity index (χ0v) is 14.9. The summed E-state index contributed by atoms with van der Waals surface area (Å²) < 4.78 is 40.3. The van der Waals surface area contributed by atoms with Gasteiger partial charge in [-0.2, -0.15) is 13.2 Å². The highest BCUT2D eigenvalue weighted by atomic mass is 79.9. The van der Waals surface area contributed by atoms with Crippen molar-refractivity contribution in [2.75, 3.05) is 5.32 Å². The Morgan fingerprint density at radius 2 is 1.46 bits per heavy atom. The summed E-state index contributed by atoms with van der Waals surface area (Å²) in [5.74, 6) is -0.803. The van der Waals surface area contributed by atoms with Crippen LogP contribution in [0.4, 0.5) is 18.9 Å². The molecule has 0 saturated carbocycles. The number of carbonyl (C=O) groups is 1. The Morgan fingerprint density at radius 3 is 2.15 bits per heavy atom. The van der Waals surface area contributed by atoms with Crippen molar-refractivity contribution >= 4 is 27.5 Å². The van der Waals surface area contributed by atoms with E-state index in [2.05, 4.69) is 21.2 Å². The van der Waals surface area contributed by atoms with Gasteiger partial charge < -0.3 is 5.32 Å². The molecule has 0 aromatic heterocycles. The minimum Gasteiger partial charge on any atom is -0.321 e. The summed E-state index contributed by atoms with van der Waals surface area (Å²) in [6.45, 7) is 0. The van der Waals surface area contributed by atoms with Gasteiger partial charge in [0.05, 0.1) is 11.1 Å². The summed E-state index contributed by atoms with van der Waals surface area (Å²) >= 11 is 3.36. The number of alkyl halides is 3. The lowest BCUT2D eigenvalue weighted by molar-refractivity contribution is -0.137. The molecule has 0 spiro atoms. The Labute approximate surface area is 156 Å². The van der Waals surface area contributed by atoms with Crippen LogP contribution in [0.15, 0.2) is 77.3 Å². The fourth-order valence-corrected chi connectivity index (χ4v) is 2.86. The SMILES string of the molecule is O=C(Nc1ccccc1-c1ccc(Br)cc1)c1ccccc1C(F)(F)F. The van der Waals surface area contributed by atoms with Crippen LogP contribution in [0.2, 0.25) is 0 Å². The van der Waals surface area contributed by atoms with Gasteiger partial charge in [-0.15, -0.1) is 0 Å². The number of benzene rings is 3. The normalized spacial score (nSPS) is 11.2. The number of rotatable bonds is 3. The quantitative estimate of drug-likeness (QED) is 0.523. The largest absolute Gasteiger partial charge is 0.417 e. The fraction of sp³-hybridized carbons (Fsp3) is 0.0500. The van der Waals surface area contributed by atoms with Crippen LogP contribution >= 0.6 is 15.9 Å². The molecule has 0 unspecified atom stereocenters. The number of nitrogens with one attached hydrogen (secondary N) is 1. The highest BCUT2D eigenvalue weighted by Gasteiger charge is 2.34. The van der Waals surface area contributed by atoms with Crippen molar-refractivity contribution in [3.05, 3.63) is 88.4 Å². The molecule has 1 amide bonds. The second-order valence-electron chi connectivity index (χ2n) is 5.55. The topological polar surface area (TPSA) is 29.1 Å². The van der Waals surface area contributed by atoms with Crippen LogP contribution in [0.3, 0.4) is 0 Å². The predicted octanol–water partition coefficient (Wildman–Crippen LogP) is 6.39. The van der Waals surface area contributed by atoms with E-state index in [9.17, 15) is 18.0 Å². The van der Waals surface area contributed by atoms with Gasteiger partial charge in [-0.3, -0.25) is 4.79 Å². The average Bonchev–Trinajstić information content (AvgIpc) is 2.62. The molecule has 0 atom stereocenters. The van der Waals surface area contributed by atoms with Crippen LogP contribution < -0.4 is 5.32 Å². The van der Waals surface area contributed by atoms with Crippen LogP contribution in [0.1, 0.15) is 15.9 Å². The molecule has 0 aliphatic heterocycles. The maximum Gasteiger partial charge on any atom is 0.417 e. The van der Waals surface area contributed by atoms with Crippen LogP contribution in [-0.4, -0.2) is 5.91 Å². The van der Waals surface area contributed by atoms with Crippen molar-refractivity contribution in [2.24, 2.45) is 0 Å². The van der Waals surface area contributed by atoms with Crippen molar-refractivity contribution in [3.63, 3.8) is 0 Å². The van der Waals surface area contributed by atoms with E-state index in [0.29, 0.717) is 5.69 Å². The zero-order valence-electron chi connectivity index (χ0n) is 13.3. The summed E-state index contributed by atoms with van der Waals surface area (Å²) in [4.78, 5) is 12.5. The Hall–Kier alpha value is -2.60. The van der Waals surface area contributed by atoms with E-state index in [1.165, 1.54) is 18.2 Å². The van der Waals surface area contributed by atoms with Gasteiger partial charge in [-0.05, 0) is 35.9 Å². The molecule has 0 aliphatic rings. The van der Waals surface area contributed by atoms with Crippen molar-refractivity contribution in [1.82, 2.24) is 0 Å². The molecule has 3 rings (SSSR count). The van der Waals surface area contributed by atoms with E-state index >= 15 is 0 Å². The van der Waals surface area contributed by atoms with Crippen molar-refractivity contribution in [1.29, 1.82) is 0 Å². The smallest absolute Gasteiger partial charge is 0.321 e. The van der Waals surface area contributed by atoms with E-state index in [-0.39, 0.29) is 0 Å².